The Kier molecular flexibility index (Phi) is 6.27. The van der Waals surface area contributed by atoms with Gasteiger partial charge in [-0.2, -0.15) is 0 Å². The number of nitrogens with zero attached hydrogens (tertiary/aromatic N) is 2. The maximum Gasteiger partial charge on any atom is 0.227 e. The van der Waals surface area contributed by atoms with E-state index in [1.54, 1.807) is 13.3 Å². The van der Waals surface area contributed by atoms with Crippen LogP contribution in [0.5, 0.6) is 11.5 Å². The molecule has 1 N–H and O–H groups in total. The SMILES string of the molecule is COc1ccccc1OCCC(=O)Nc1ccc(N2CCOCC2)nc1. The van der Waals surface area contributed by atoms with Gasteiger partial charge >= 0.3 is 0 Å². The zero-order chi connectivity index (χ0) is 18.2. The van der Waals surface area contributed by atoms with Gasteiger partial charge < -0.3 is 24.4 Å². The lowest BCUT2D eigenvalue weighted by atomic mass is 10.3. The second kappa shape index (κ2) is 9.05. The summed E-state index contributed by atoms with van der Waals surface area (Å²) in [5.41, 5.74) is 0.671. The van der Waals surface area contributed by atoms with Crippen molar-refractivity contribution in [2.24, 2.45) is 0 Å². The molecule has 0 radical (unpaired) electrons. The summed E-state index contributed by atoms with van der Waals surface area (Å²) >= 11 is 0. The molecule has 1 aliphatic heterocycles. The minimum atomic E-state index is -0.124. The normalized spacial score (nSPS) is 14.0. The topological polar surface area (TPSA) is 72.9 Å². The molecule has 0 spiro atoms. The van der Waals surface area contributed by atoms with E-state index in [-0.39, 0.29) is 18.9 Å². The molecular formula is C19H23N3O4. The Balaban J connectivity index is 1.45. The second-order valence-electron chi connectivity index (χ2n) is 5.80. The summed E-state index contributed by atoms with van der Waals surface area (Å²) in [4.78, 5) is 18.6. The number of carbonyl (C=O) groups is 1. The number of hydrogen-bond donors (Lipinski definition) is 1. The summed E-state index contributed by atoms with van der Waals surface area (Å²) < 4.78 is 16.2. The van der Waals surface area contributed by atoms with E-state index in [9.17, 15) is 4.79 Å². The van der Waals surface area contributed by atoms with Crippen molar-refractivity contribution in [3.05, 3.63) is 42.6 Å². The van der Waals surface area contributed by atoms with E-state index >= 15 is 0 Å². The highest BCUT2D eigenvalue weighted by Crippen LogP contribution is 2.25. The summed E-state index contributed by atoms with van der Waals surface area (Å²) in [5.74, 6) is 2.04. The first kappa shape index (κ1) is 18.0. The first-order valence-electron chi connectivity index (χ1n) is 8.60. The summed E-state index contributed by atoms with van der Waals surface area (Å²) in [5, 5.41) is 2.83. The highest BCUT2D eigenvalue weighted by atomic mass is 16.5. The number of aromatic nitrogens is 1. The number of carbonyl (C=O) groups excluding carboxylic acids is 1. The van der Waals surface area contributed by atoms with Crippen LogP contribution in [0.15, 0.2) is 42.6 Å². The van der Waals surface area contributed by atoms with Crippen LogP contribution in [0.3, 0.4) is 0 Å². The van der Waals surface area contributed by atoms with E-state index in [0.717, 1.165) is 18.9 Å². The Morgan fingerprint density at radius 2 is 1.96 bits per heavy atom. The van der Waals surface area contributed by atoms with Gasteiger partial charge in [-0.25, -0.2) is 4.98 Å². The fourth-order valence-corrected chi connectivity index (χ4v) is 2.65. The van der Waals surface area contributed by atoms with E-state index in [0.29, 0.717) is 30.4 Å². The van der Waals surface area contributed by atoms with Crippen molar-refractivity contribution in [3.8, 4) is 11.5 Å². The van der Waals surface area contributed by atoms with E-state index in [1.807, 2.05) is 36.4 Å². The number of para-hydroxylation sites is 2. The molecule has 0 aliphatic carbocycles. The van der Waals surface area contributed by atoms with Crippen LogP contribution < -0.4 is 19.7 Å². The van der Waals surface area contributed by atoms with Crippen LogP contribution >= 0.6 is 0 Å². The first-order chi connectivity index (χ1) is 12.8. The van der Waals surface area contributed by atoms with Crippen LogP contribution in [0.4, 0.5) is 11.5 Å². The molecular weight excluding hydrogens is 334 g/mol. The number of ether oxygens (including phenoxy) is 3. The highest BCUT2D eigenvalue weighted by molar-refractivity contribution is 5.90. The van der Waals surface area contributed by atoms with Crippen molar-refractivity contribution in [1.29, 1.82) is 0 Å². The molecule has 1 amide bonds. The lowest BCUT2D eigenvalue weighted by Gasteiger charge is -2.27. The van der Waals surface area contributed by atoms with Crippen LogP contribution in [-0.4, -0.2) is 50.9 Å². The summed E-state index contributed by atoms with van der Waals surface area (Å²) in [7, 11) is 1.59. The minimum Gasteiger partial charge on any atom is -0.493 e. The van der Waals surface area contributed by atoms with Crippen molar-refractivity contribution >= 4 is 17.4 Å². The Bertz CT molecular complexity index is 715. The van der Waals surface area contributed by atoms with Gasteiger partial charge in [-0.05, 0) is 24.3 Å². The van der Waals surface area contributed by atoms with Crippen molar-refractivity contribution in [3.63, 3.8) is 0 Å². The molecule has 1 aliphatic rings. The number of rotatable bonds is 7. The molecule has 26 heavy (non-hydrogen) atoms. The number of methoxy groups -OCH3 is 1. The third-order valence-corrected chi connectivity index (χ3v) is 4.02. The molecule has 0 saturated carbocycles. The Hall–Kier alpha value is -2.80. The molecule has 0 bridgehead atoms. The zero-order valence-corrected chi connectivity index (χ0v) is 14.8. The summed E-state index contributed by atoms with van der Waals surface area (Å²) in [6.07, 6.45) is 1.91. The molecule has 7 heteroatoms. The zero-order valence-electron chi connectivity index (χ0n) is 14.8. The van der Waals surface area contributed by atoms with Crippen LogP contribution in [0, 0.1) is 0 Å². The predicted molar refractivity (Wildman–Crippen MR) is 99.0 cm³/mol. The van der Waals surface area contributed by atoms with Gasteiger partial charge in [0.25, 0.3) is 0 Å². The largest absolute Gasteiger partial charge is 0.493 e. The van der Waals surface area contributed by atoms with Crippen LogP contribution in [0.25, 0.3) is 0 Å². The second-order valence-corrected chi connectivity index (χ2v) is 5.80. The number of benzene rings is 1. The summed E-state index contributed by atoms with van der Waals surface area (Å²) in [6, 6.07) is 11.1. The lowest BCUT2D eigenvalue weighted by Crippen LogP contribution is -2.36. The van der Waals surface area contributed by atoms with Gasteiger partial charge in [0.05, 0.1) is 45.2 Å². The molecule has 3 rings (SSSR count). The highest BCUT2D eigenvalue weighted by Gasteiger charge is 2.12. The number of pyridine rings is 1. The molecule has 1 saturated heterocycles. The molecule has 2 aromatic rings. The van der Waals surface area contributed by atoms with Crippen molar-refractivity contribution in [2.75, 3.05) is 50.2 Å². The van der Waals surface area contributed by atoms with Gasteiger partial charge in [0.15, 0.2) is 11.5 Å². The first-order valence-corrected chi connectivity index (χ1v) is 8.60. The fraction of sp³-hybridized carbons (Fsp3) is 0.368. The number of anilines is 2. The lowest BCUT2D eigenvalue weighted by molar-refractivity contribution is -0.116. The van der Waals surface area contributed by atoms with E-state index < -0.39 is 0 Å². The van der Waals surface area contributed by atoms with Crippen LogP contribution in [0.1, 0.15) is 6.42 Å². The molecule has 2 heterocycles. The van der Waals surface area contributed by atoms with Gasteiger partial charge in [-0.15, -0.1) is 0 Å². The van der Waals surface area contributed by atoms with Crippen LogP contribution in [-0.2, 0) is 9.53 Å². The number of hydrogen-bond acceptors (Lipinski definition) is 6. The molecule has 1 aromatic heterocycles. The molecule has 7 nitrogen and oxygen atoms in total. The van der Waals surface area contributed by atoms with Gasteiger partial charge in [-0.3, -0.25) is 4.79 Å². The van der Waals surface area contributed by atoms with Crippen molar-refractivity contribution in [2.45, 2.75) is 6.42 Å². The molecule has 1 aromatic carbocycles. The summed E-state index contributed by atoms with van der Waals surface area (Å²) in [6.45, 7) is 3.36. The molecule has 0 atom stereocenters. The predicted octanol–water partition coefficient (Wildman–Crippen LogP) is 2.33. The molecule has 138 valence electrons. The monoisotopic (exact) mass is 357 g/mol. The maximum absolute atomic E-state index is 12.1. The van der Waals surface area contributed by atoms with E-state index in [4.69, 9.17) is 14.2 Å². The van der Waals surface area contributed by atoms with Crippen molar-refractivity contribution in [1.82, 2.24) is 4.98 Å². The van der Waals surface area contributed by atoms with Gasteiger partial charge in [0.1, 0.15) is 5.82 Å². The number of morpholine rings is 1. The third-order valence-electron chi connectivity index (χ3n) is 4.02. The third kappa shape index (κ3) is 4.86. The quantitative estimate of drug-likeness (QED) is 0.820. The maximum atomic E-state index is 12.1. The molecule has 0 unspecified atom stereocenters. The Morgan fingerprint density at radius 1 is 1.19 bits per heavy atom. The van der Waals surface area contributed by atoms with Gasteiger partial charge in [-0.1, -0.05) is 12.1 Å². The van der Waals surface area contributed by atoms with Crippen molar-refractivity contribution < 1.29 is 19.0 Å². The van der Waals surface area contributed by atoms with E-state index in [2.05, 4.69) is 15.2 Å². The number of nitrogens with one attached hydrogen (secondary N) is 1. The van der Waals surface area contributed by atoms with Gasteiger partial charge in [0.2, 0.25) is 5.91 Å². The Morgan fingerprint density at radius 3 is 2.65 bits per heavy atom. The van der Waals surface area contributed by atoms with E-state index in [1.165, 1.54) is 0 Å². The van der Waals surface area contributed by atoms with Crippen LogP contribution in [0.2, 0.25) is 0 Å². The average molecular weight is 357 g/mol. The number of amides is 1. The van der Waals surface area contributed by atoms with Gasteiger partial charge in [0, 0.05) is 13.1 Å². The average Bonchev–Trinajstić information content (AvgIpc) is 2.69. The molecule has 1 fully saturated rings. The minimum absolute atomic E-state index is 0.124. The smallest absolute Gasteiger partial charge is 0.227 e. The standard InChI is InChI=1S/C19H23N3O4/c1-24-16-4-2-3-5-17(16)26-11-8-19(23)21-15-6-7-18(20-14-15)22-9-12-25-13-10-22/h2-7,14H,8-13H2,1H3,(H,21,23). The Labute approximate surface area is 152 Å². The fourth-order valence-electron chi connectivity index (χ4n) is 2.65.